The molecule has 2 aromatic heterocycles. The molecule has 9 heteroatoms. The summed E-state index contributed by atoms with van der Waals surface area (Å²) in [5, 5.41) is 18.3. The number of anilines is 1. The largest absolute Gasteiger partial charge is 0.417 e. The first kappa shape index (κ1) is 22.1. The third-order valence-electron chi connectivity index (χ3n) is 5.24. The van der Waals surface area contributed by atoms with E-state index in [0.29, 0.717) is 5.13 Å². The summed E-state index contributed by atoms with van der Waals surface area (Å²) in [6.45, 7) is 4.68. The van der Waals surface area contributed by atoms with Crippen LogP contribution in [0.5, 0.6) is 0 Å². The standard InChI is InChI=1S/C23H23N5O2S2/c1-2-3-4-5-9-28-10-8-16-11-17(6-7-20(16)28)26-27-23-25-22-21(32-23)13-19(31-22)12-18(14-24)30-15-29/h6-7,11-13,15H,2-5,8-10H2,1H3/b18-12+,27-26+. The Labute approximate surface area is 194 Å². The lowest BCUT2D eigenvalue weighted by Crippen LogP contribution is -2.21. The van der Waals surface area contributed by atoms with Gasteiger partial charge in [0, 0.05) is 29.7 Å². The number of thiazole rings is 1. The van der Waals surface area contributed by atoms with E-state index in [1.165, 1.54) is 65.7 Å². The molecule has 1 aliphatic heterocycles. The molecule has 4 rings (SSSR count). The van der Waals surface area contributed by atoms with Gasteiger partial charge in [-0.3, -0.25) is 4.79 Å². The number of ether oxygens (including phenoxy) is 1. The molecular weight excluding hydrogens is 442 g/mol. The molecule has 0 radical (unpaired) electrons. The van der Waals surface area contributed by atoms with Crippen molar-refractivity contribution in [3.63, 3.8) is 0 Å². The highest BCUT2D eigenvalue weighted by Crippen LogP contribution is 2.36. The number of nitrogens with zero attached hydrogens (tertiary/aromatic N) is 5. The summed E-state index contributed by atoms with van der Waals surface area (Å²) >= 11 is 2.84. The number of nitriles is 1. The van der Waals surface area contributed by atoms with Crippen molar-refractivity contribution < 1.29 is 9.53 Å². The van der Waals surface area contributed by atoms with Gasteiger partial charge in [0.25, 0.3) is 6.47 Å². The van der Waals surface area contributed by atoms with Gasteiger partial charge in [0.1, 0.15) is 10.9 Å². The van der Waals surface area contributed by atoms with Crippen LogP contribution in [0.25, 0.3) is 15.6 Å². The number of unbranched alkanes of at least 4 members (excludes halogenated alkanes) is 3. The predicted molar refractivity (Wildman–Crippen MR) is 129 cm³/mol. The highest BCUT2D eigenvalue weighted by molar-refractivity contribution is 7.29. The van der Waals surface area contributed by atoms with E-state index in [-0.39, 0.29) is 12.2 Å². The predicted octanol–water partition coefficient (Wildman–Crippen LogP) is 6.75. The van der Waals surface area contributed by atoms with Gasteiger partial charge in [-0.2, -0.15) is 5.26 Å². The van der Waals surface area contributed by atoms with Crippen molar-refractivity contribution in [2.45, 2.75) is 39.0 Å². The first-order valence-corrected chi connectivity index (χ1v) is 12.3. The average molecular weight is 466 g/mol. The van der Waals surface area contributed by atoms with Crippen LogP contribution in [0.1, 0.15) is 43.0 Å². The second-order valence-corrected chi connectivity index (χ2v) is 9.53. The second kappa shape index (κ2) is 10.5. The van der Waals surface area contributed by atoms with Crippen LogP contribution in [0, 0.1) is 11.3 Å². The quantitative estimate of drug-likeness (QED) is 0.109. The van der Waals surface area contributed by atoms with Crippen molar-refractivity contribution in [1.29, 1.82) is 5.26 Å². The molecule has 0 fully saturated rings. The van der Waals surface area contributed by atoms with Gasteiger partial charge in [-0.05, 0) is 42.7 Å². The molecule has 1 aromatic carbocycles. The molecule has 0 atom stereocenters. The van der Waals surface area contributed by atoms with E-state index in [4.69, 9.17) is 5.26 Å². The summed E-state index contributed by atoms with van der Waals surface area (Å²) in [7, 11) is 0. The molecule has 0 N–H and O–H groups in total. The first-order valence-electron chi connectivity index (χ1n) is 10.6. The molecule has 0 amide bonds. The average Bonchev–Trinajstić information content (AvgIpc) is 3.48. The van der Waals surface area contributed by atoms with E-state index in [0.717, 1.165) is 39.6 Å². The van der Waals surface area contributed by atoms with Gasteiger partial charge in [-0.1, -0.05) is 37.5 Å². The third kappa shape index (κ3) is 5.21. The molecule has 3 heterocycles. The number of azo groups is 1. The Morgan fingerprint density at radius 3 is 2.97 bits per heavy atom. The monoisotopic (exact) mass is 465 g/mol. The number of hydrogen-bond acceptors (Lipinski definition) is 9. The first-order chi connectivity index (χ1) is 15.7. The molecule has 0 unspecified atom stereocenters. The Bertz CT molecular complexity index is 1170. The number of hydrogen-bond donors (Lipinski definition) is 0. The lowest BCUT2D eigenvalue weighted by molar-refractivity contribution is -0.124. The van der Waals surface area contributed by atoms with Gasteiger partial charge in [0.05, 0.1) is 10.4 Å². The van der Waals surface area contributed by atoms with E-state index in [2.05, 4.69) is 43.9 Å². The summed E-state index contributed by atoms with van der Waals surface area (Å²) in [4.78, 5) is 19.0. The van der Waals surface area contributed by atoms with E-state index in [1.807, 2.05) is 18.2 Å². The molecule has 32 heavy (non-hydrogen) atoms. The van der Waals surface area contributed by atoms with E-state index >= 15 is 0 Å². The SMILES string of the molecule is CCCCCCN1CCc2cc(/N=N/c3nc4sc(/C=C(\C#N)OC=O)cc4s3)ccc21. The highest BCUT2D eigenvalue weighted by Gasteiger charge is 2.18. The molecule has 164 valence electrons. The zero-order valence-electron chi connectivity index (χ0n) is 17.8. The minimum Gasteiger partial charge on any atom is -0.417 e. The zero-order chi connectivity index (χ0) is 22.3. The summed E-state index contributed by atoms with van der Waals surface area (Å²) in [6, 6.07) is 10.0. The van der Waals surface area contributed by atoms with Crippen LogP contribution < -0.4 is 4.90 Å². The van der Waals surface area contributed by atoms with Crippen LogP contribution in [0.15, 0.2) is 40.3 Å². The highest BCUT2D eigenvalue weighted by atomic mass is 32.1. The molecule has 0 bridgehead atoms. The number of carbonyl (C=O) groups is 1. The lowest BCUT2D eigenvalue weighted by Gasteiger charge is -2.19. The van der Waals surface area contributed by atoms with Crippen molar-refractivity contribution in [2.24, 2.45) is 10.2 Å². The smallest absolute Gasteiger partial charge is 0.299 e. The van der Waals surface area contributed by atoms with Crippen LogP contribution >= 0.6 is 22.7 Å². The van der Waals surface area contributed by atoms with Gasteiger partial charge in [0.2, 0.25) is 10.9 Å². The van der Waals surface area contributed by atoms with Crippen LogP contribution in [0.2, 0.25) is 0 Å². The molecule has 3 aromatic rings. The fourth-order valence-electron chi connectivity index (χ4n) is 3.71. The van der Waals surface area contributed by atoms with Gasteiger partial charge >= 0.3 is 0 Å². The number of thiophene rings is 1. The van der Waals surface area contributed by atoms with Crippen LogP contribution in [-0.2, 0) is 16.0 Å². The molecule has 0 saturated carbocycles. The van der Waals surface area contributed by atoms with E-state index in [1.54, 1.807) is 0 Å². The minimum atomic E-state index is -0.0510. The van der Waals surface area contributed by atoms with Crippen LogP contribution in [-0.4, -0.2) is 24.5 Å². The molecule has 0 aliphatic carbocycles. The lowest BCUT2D eigenvalue weighted by atomic mass is 10.1. The second-order valence-electron chi connectivity index (χ2n) is 7.46. The fourth-order valence-corrected chi connectivity index (χ4v) is 5.68. The fraction of sp³-hybridized carbons (Fsp3) is 0.348. The van der Waals surface area contributed by atoms with Crippen molar-refractivity contribution in [1.82, 2.24) is 4.98 Å². The molecule has 7 nitrogen and oxygen atoms in total. The van der Waals surface area contributed by atoms with Gasteiger partial charge in [-0.15, -0.1) is 21.6 Å². The maximum Gasteiger partial charge on any atom is 0.299 e. The molecule has 1 aliphatic rings. The minimum absolute atomic E-state index is 0.0510. The van der Waals surface area contributed by atoms with Crippen LogP contribution in [0.3, 0.4) is 0 Å². The molecular formula is C23H23N5O2S2. The van der Waals surface area contributed by atoms with Crippen molar-refractivity contribution in [2.75, 3.05) is 18.0 Å². The maximum absolute atomic E-state index is 10.4. The number of fused-ring (bicyclic) bond motifs is 2. The summed E-state index contributed by atoms with van der Waals surface area (Å²) in [5.74, 6) is -0.0510. The van der Waals surface area contributed by atoms with Crippen LogP contribution in [0.4, 0.5) is 16.5 Å². The van der Waals surface area contributed by atoms with E-state index < -0.39 is 0 Å². The molecule has 0 spiro atoms. The normalized spacial score (nSPS) is 13.6. The Kier molecular flexibility index (Phi) is 7.24. The molecule has 0 saturated heterocycles. The van der Waals surface area contributed by atoms with Gasteiger partial charge < -0.3 is 9.64 Å². The van der Waals surface area contributed by atoms with Crippen molar-refractivity contribution in [3.8, 4) is 6.07 Å². The van der Waals surface area contributed by atoms with Crippen molar-refractivity contribution >= 4 is 61.3 Å². The van der Waals surface area contributed by atoms with Gasteiger partial charge in [0.15, 0.2) is 0 Å². The third-order valence-corrected chi connectivity index (χ3v) is 7.23. The Balaban J connectivity index is 1.42. The number of rotatable bonds is 10. The Hall–Kier alpha value is -3.09. The number of aromatic nitrogens is 1. The van der Waals surface area contributed by atoms with E-state index in [9.17, 15) is 4.79 Å². The number of allylic oxidation sites excluding steroid dienone is 1. The summed E-state index contributed by atoms with van der Waals surface area (Å²) in [5.41, 5.74) is 3.49. The maximum atomic E-state index is 10.4. The Morgan fingerprint density at radius 1 is 1.28 bits per heavy atom. The summed E-state index contributed by atoms with van der Waals surface area (Å²) < 4.78 is 5.57. The summed E-state index contributed by atoms with van der Waals surface area (Å²) in [6.07, 6.45) is 7.68. The number of carbonyl (C=O) groups excluding carboxylic acids is 1. The van der Waals surface area contributed by atoms with Crippen molar-refractivity contribution in [3.05, 3.63) is 40.5 Å². The van der Waals surface area contributed by atoms with Gasteiger partial charge in [-0.25, -0.2) is 4.98 Å². The topological polar surface area (TPSA) is 90.9 Å². The Morgan fingerprint density at radius 2 is 2.19 bits per heavy atom. The number of benzene rings is 1. The zero-order valence-corrected chi connectivity index (χ0v) is 19.4.